The Hall–Kier alpha value is -2.47. The van der Waals surface area contributed by atoms with Crippen LogP contribution in [-0.4, -0.2) is 29.7 Å². The predicted molar refractivity (Wildman–Crippen MR) is 112 cm³/mol. The molecule has 6 heteroatoms. The molecule has 0 amide bonds. The minimum absolute atomic E-state index is 0.103. The molecule has 0 aliphatic carbocycles. The zero-order chi connectivity index (χ0) is 21.9. The van der Waals surface area contributed by atoms with Crippen LogP contribution in [0.25, 0.3) is 0 Å². The van der Waals surface area contributed by atoms with Crippen LogP contribution in [0.4, 0.5) is 8.78 Å². The third-order valence-electron chi connectivity index (χ3n) is 5.62. The van der Waals surface area contributed by atoms with Crippen molar-refractivity contribution in [2.24, 2.45) is 0 Å². The average Bonchev–Trinajstić information content (AvgIpc) is 3.19. The van der Waals surface area contributed by atoms with Crippen LogP contribution in [0.15, 0.2) is 30.3 Å². The monoisotopic (exact) mass is 417 g/mol. The predicted octanol–water partition coefficient (Wildman–Crippen LogP) is 5.60. The standard InChI is InChI=1S/C24H29F2NO3/c1-5-6-12-29-22-19-14-27(24(3,4)15-25)13-18(19)21(26)16(2)20(22)23(28)30-17-10-8-7-9-11-17/h7-11H,5-6,12-15H2,1-4H3. The number of nitrogens with zero attached hydrogens (tertiary/aromatic N) is 1. The molecule has 0 atom stereocenters. The van der Waals surface area contributed by atoms with E-state index in [0.29, 0.717) is 35.8 Å². The van der Waals surface area contributed by atoms with Gasteiger partial charge in [0.2, 0.25) is 0 Å². The molecule has 0 aromatic heterocycles. The van der Waals surface area contributed by atoms with Gasteiger partial charge in [0.25, 0.3) is 0 Å². The molecule has 3 rings (SSSR count). The van der Waals surface area contributed by atoms with E-state index in [4.69, 9.17) is 9.47 Å². The van der Waals surface area contributed by atoms with Crippen molar-refractivity contribution in [2.45, 2.75) is 59.2 Å². The number of rotatable bonds is 8. The average molecular weight is 417 g/mol. The van der Waals surface area contributed by atoms with Crippen LogP contribution in [0.5, 0.6) is 11.5 Å². The van der Waals surface area contributed by atoms with Crippen LogP contribution >= 0.6 is 0 Å². The fraction of sp³-hybridized carbons (Fsp3) is 0.458. The summed E-state index contributed by atoms with van der Waals surface area (Å²) in [5.41, 5.74) is 0.629. The van der Waals surface area contributed by atoms with Crippen LogP contribution in [0.2, 0.25) is 0 Å². The van der Waals surface area contributed by atoms with Crippen LogP contribution in [0.1, 0.15) is 60.7 Å². The highest BCUT2D eigenvalue weighted by molar-refractivity contribution is 5.96. The smallest absolute Gasteiger partial charge is 0.347 e. The highest BCUT2D eigenvalue weighted by atomic mass is 19.1. The fourth-order valence-electron chi connectivity index (χ4n) is 3.58. The molecule has 2 aromatic carbocycles. The first-order valence-electron chi connectivity index (χ1n) is 10.3. The van der Waals surface area contributed by atoms with Gasteiger partial charge in [0.1, 0.15) is 29.6 Å². The number of esters is 1. The number of alkyl halides is 1. The zero-order valence-corrected chi connectivity index (χ0v) is 18.1. The maximum atomic E-state index is 15.3. The molecule has 0 bridgehead atoms. The lowest BCUT2D eigenvalue weighted by atomic mass is 9.98. The third kappa shape index (κ3) is 4.33. The molecule has 1 heterocycles. The van der Waals surface area contributed by atoms with Crippen LogP contribution in [0, 0.1) is 12.7 Å². The molecule has 0 saturated heterocycles. The lowest BCUT2D eigenvalue weighted by Gasteiger charge is -2.32. The van der Waals surface area contributed by atoms with Crippen molar-refractivity contribution in [2.75, 3.05) is 13.3 Å². The van der Waals surface area contributed by atoms with E-state index >= 15 is 4.39 Å². The molecule has 30 heavy (non-hydrogen) atoms. The van der Waals surface area contributed by atoms with E-state index in [-0.39, 0.29) is 17.7 Å². The Kier molecular flexibility index (Phi) is 6.76. The van der Waals surface area contributed by atoms with Gasteiger partial charge < -0.3 is 9.47 Å². The molecule has 0 spiro atoms. The van der Waals surface area contributed by atoms with Gasteiger partial charge in [0, 0.05) is 35.3 Å². The van der Waals surface area contributed by atoms with E-state index in [2.05, 4.69) is 0 Å². The molecule has 1 aliphatic rings. The SMILES string of the molecule is CCCCOc1c2c(c(F)c(C)c1C(=O)Oc1ccccc1)CN(C(C)(C)CF)C2. The molecular formula is C24H29F2NO3. The number of carbonyl (C=O) groups is 1. The van der Waals surface area contributed by atoms with E-state index in [9.17, 15) is 9.18 Å². The second kappa shape index (κ2) is 9.13. The van der Waals surface area contributed by atoms with Crippen molar-refractivity contribution >= 4 is 5.97 Å². The van der Waals surface area contributed by atoms with Gasteiger partial charge >= 0.3 is 5.97 Å². The quantitative estimate of drug-likeness (QED) is 0.319. The number of hydrogen-bond acceptors (Lipinski definition) is 4. The Bertz CT molecular complexity index is 913. The van der Waals surface area contributed by atoms with Gasteiger partial charge in [-0.1, -0.05) is 31.5 Å². The lowest BCUT2D eigenvalue weighted by Crippen LogP contribution is -2.42. The second-order valence-corrected chi connectivity index (χ2v) is 8.31. The molecule has 0 saturated carbocycles. The maximum Gasteiger partial charge on any atom is 0.347 e. The lowest BCUT2D eigenvalue weighted by molar-refractivity contribution is 0.0728. The van der Waals surface area contributed by atoms with Crippen molar-refractivity contribution in [3.63, 3.8) is 0 Å². The molecule has 162 valence electrons. The van der Waals surface area contributed by atoms with Crippen molar-refractivity contribution in [3.8, 4) is 11.5 Å². The summed E-state index contributed by atoms with van der Waals surface area (Å²) in [5.74, 6) is -0.377. The normalized spacial score (nSPS) is 13.9. The molecule has 2 aromatic rings. The summed E-state index contributed by atoms with van der Waals surface area (Å²) in [5, 5.41) is 0. The molecular weight excluding hydrogens is 388 g/mol. The van der Waals surface area contributed by atoms with E-state index in [1.165, 1.54) is 0 Å². The Morgan fingerprint density at radius 3 is 2.47 bits per heavy atom. The Balaban J connectivity index is 2.05. The van der Waals surface area contributed by atoms with E-state index in [1.807, 2.05) is 17.9 Å². The number of carbonyl (C=O) groups excluding carboxylic acids is 1. The van der Waals surface area contributed by atoms with Gasteiger partial charge in [-0.25, -0.2) is 13.6 Å². The van der Waals surface area contributed by atoms with Crippen molar-refractivity contribution in [1.82, 2.24) is 4.90 Å². The number of ether oxygens (including phenoxy) is 2. The number of fused-ring (bicyclic) bond motifs is 1. The van der Waals surface area contributed by atoms with Crippen molar-refractivity contribution in [1.29, 1.82) is 0 Å². The molecule has 0 fully saturated rings. The highest BCUT2D eigenvalue weighted by Crippen LogP contribution is 2.41. The van der Waals surface area contributed by atoms with Crippen molar-refractivity contribution < 1.29 is 23.0 Å². The topological polar surface area (TPSA) is 38.8 Å². The number of unbranched alkanes of at least 4 members (excludes halogenated alkanes) is 1. The molecule has 0 radical (unpaired) electrons. The highest BCUT2D eigenvalue weighted by Gasteiger charge is 2.38. The zero-order valence-electron chi connectivity index (χ0n) is 18.1. The Morgan fingerprint density at radius 2 is 1.83 bits per heavy atom. The summed E-state index contributed by atoms with van der Waals surface area (Å²) >= 11 is 0. The summed E-state index contributed by atoms with van der Waals surface area (Å²) in [6, 6.07) is 8.67. The second-order valence-electron chi connectivity index (χ2n) is 8.31. The Morgan fingerprint density at radius 1 is 1.17 bits per heavy atom. The van der Waals surface area contributed by atoms with Gasteiger partial charge in [-0.3, -0.25) is 4.90 Å². The molecule has 1 aliphatic heterocycles. The first kappa shape index (κ1) is 22.2. The van der Waals surface area contributed by atoms with Gasteiger partial charge in [-0.05, 0) is 39.3 Å². The number of halogens is 2. The van der Waals surface area contributed by atoms with Crippen LogP contribution in [0.3, 0.4) is 0 Å². The number of para-hydroxylation sites is 1. The van der Waals surface area contributed by atoms with E-state index in [1.54, 1.807) is 45.0 Å². The molecule has 0 unspecified atom stereocenters. The summed E-state index contributed by atoms with van der Waals surface area (Å²) < 4.78 is 40.4. The summed E-state index contributed by atoms with van der Waals surface area (Å²) in [4.78, 5) is 14.9. The summed E-state index contributed by atoms with van der Waals surface area (Å²) in [6.07, 6.45) is 1.73. The van der Waals surface area contributed by atoms with Gasteiger partial charge in [0.15, 0.2) is 0 Å². The van der Waals surface area contributed by atoms with Crippen molar-refractivity contribution in [3.05, 3.63) is 58.4 Å². The first-order valence-corrected chi connectivity index (χ1v) is 10.3. The van der Waals surface area contributed by atoms with E-state index < -0.39 is 24.0 Å². The van der Waals surface area contributed by atoms with E-state index in [0.717, 1.165) is 12.8 Å². The Labute approximate surface area is 176 Å². The minimum atomic E-state index is -0.745. The molecule has 4 nitrogen and oxygen atoms in total. The van der Waals surface area contributed by atoms with Gasteiger partial charge in [-0.15, -0.1) is 0 Å². The third-order valence-corrected chi connectivity index (χ3v) is 5.62. The summed E-state index contributed by atoms with van der Waals surface area (Å²) in [6.45, 7) is 7.61. The first-order chi connectivity index (χ1) is 14.3. The number of hydrogen-bond donors (Lipinski definition) is 0. The maximum absolute atomic E-state index is 15.3. The number of benzene rings is 2. The summed E-state index contributed by atoms with van der Waals surface area (Å²) in [7, 11) is 0. The minimum Gasteiger partial charge on any atom is -0.492 e. The molecule has 0 N–H and O–H groups in total. The van der Waals surface area contributed by atoms with Gasteiger partial charge in [-0.2, -0.15) is 0 Å². The van der Waals surface area contributed by atoms with Crippen LogP contribution in [-0.2, 0) is 13.1 Å². The van der Waals surface area contributed by atoms with Crippen LogP contribution < -0.4 is 9.47 Å². The fourth-order valence-corrected chi connectivity index (χ4v) is 3.58. The van der Waals surface area contributed by atoms with Gasteiger partial charge in [0.05, 0.1) is 6.61 Å². The largest absolute Gasteiger partial charge is 0.492 e.